The van der Waals surface area contributed by atoms with Crippen LogP contribution in [0.1, 0.15) is 78.6 Å². The van der Waals surface area contributed by atoms with Crippen LogP contribution in [0.2, 0.25) is 0 Å². The normalized spacial score (nSPS) is 25.3. The third-order valence-corrected chi connectivity index (χ3v) is 6.14. The van der Waals surface area contributed by atoms with Crippen LogP contribution in [0.4, 0.5) is 0 Å². The van der Waals surface area contributed by atoms with E-state index in [1.807, 2.05) is 0 Å². The minimum atomic E-state index is 0.171. The Morgan fingerprint density at radius 1 is 1.14 bits per heavy atom. The van der Waals surface area contributed by atoms with Gasteiger partial charge in [-0.15, -0.1) is 0 Å². The lowest BCUT2D eigenvalue weighted by molar-refractivity contribution is -0.0612. The van der Waals surface area contributed by atoms with Crippen molar-refractivity contribution in [3.8, 4) is 0 Å². The van der Waals surface area contributed by atoms with Crippen LogP contribution < -0.4 is 5.73 Å². The van der Waals surface area contributed by atoms with Gasteiger partial charge in [0.2, 0.25) is 0 Å². The molecule has 1 aliphatic carbocycles. The Morgan fingerprint density at radius 2 is 1.81 bits per heavy atom. The fourth-order valence-electron chi connectivity index (χ4n) is 4.56. The van der Waals surface area contributed by atoms with Crippen molar-refractivity contribution in [2.75, 3.05) is 19.6 Å². The average molecular weight is 296 g/mol. The Hall–Kier alpha value is -0.120. The molecule has 0 bridgehead atoms. The van der Waals surface area contributed by atoms with Gasteiger partial charge in [-0.25, -0.2) is 0 Å². The third kappa shape index (κ3) is 3.62. The summed E-state index contributed by atoms with van der Waals surface area (Å²) >= 11 is 0. The van der Waals surface area contributed by atoms with Gasteiger partial charge in [-0.2, -0.15) is 0 Å². The number of ether oxygens (including phenoxy) is 1. The molecule has 3 heteroatoms. The molecule has 124 valence electrons. The molecule has 2 N–H and O–H groups in total. The first-order chi connectivity index (χ1) is 10.1. The van der Waals surface area contributed by atoms with E-state index >= 15 is 0 Å². The van der Waals surface area contributed by atoms with E-state index in [4.69, 9.17) is 10.5 Å². The molecule has 0 aromatic rings. The quantitative estimate of drug-likeness (QED) is 0.742. The van der Waals surface area contributed by atoms with E-state index in [1.165, 1.54) is 44.9 Å². The Labute approximate surface area is 131 Å². The van der Waals surface area contributed by atoms with Crippen molar-refractivity contribution in [3.05, 3.63) is 0 Å². The molecule has 0 amide bonds. The highest BCUT2D eigenvalue weighted by Crippen LogP contribution is 2.43. The van der Waals surface area contributed by atoms with Gasteiger partial charge in [0, 0.05) is 18.6 Å². The van der Waals surface area contributed by atoms with Crippen molar-refractivity contribution in [1.29, 1.82) is 0 Å². The zero-order valence-corrected chi connectivity index (χ0v) is 14.5. The molecule has 2 aliphatic rings. The van der Waals surface area contributed by atoms with Crippen LogP contribution in [0.25, 0.3) is 0 Å². The maximum Gasteiger partial charge on any atom is 0.0710 e. The molecule has 1 unspecified atom stereocenters. The molecule has 1 saturated carbocycles. The van der Waals surface area contributed by atoms with Gasteiger partial charge in [0.1, 0.15) is 0 Å². The number of rotatable bonds is 8. The fraction of sp³-hybridized carbons (Fsp3) is 1.00. The molecule has 1 atom stereocenters. The van der Waals surface area contributed by atoms with Crippen LogP contribution in [0.3, 0.4) is 0 Å². The molecule has 0 aromatic heterocycles. The number of nitrogens with zero attached hydrogens (tertiary/aromatic N) is 1. The highest BCUT2D eigenvalue weighted by molar-refractivity contribution is 4.96. The van der Waals surface area contributed by atoms with Crippen LogP contribution in [-0.2, 0) is 4.74 Å². The van der Waals surface area contributed by atoms with Crippen molar-refractivity contribution in [2.24, 2.45) is 5.73 Å². The van der Waals surface area contributed by atoms with Gasteiger partial charge in [0.05, 0.1) is 11.7 Å². The van der Waals surface area contributed by atoms with Crippen molar-refractivity contribution < 1.29 is 4.74 Å². The van der Waals surface area contributed by atoms with Gasteiger partial charge in [0.15, 0.2) is 0 Å². The summed E-state index contributed by atoms with van der Waals surface area (Å²) in [5, 5.41) is 0. The number of hydrogen-bond donors (Lipinski definition) is 1. The van der Waals surface area contributed by atoms with E-state index in [9.17, 15) is 0 Å². The molecule has 2 rings (SSSR count). The van der Waals surface area contributed by atoms with Crippen molar-refractivity contribution in [3.63, 3.8) is 0 Å². The van der Waals surface area contributed by atoms with Crippen LogP contribution in [0, 0.1) is 0 Å². The second kappa shape index (κ2) is 7.43. The molecule has 0 radical (unpaired) electrons. The molecule has 1 heterocycles. The van der Waals surface area contributed by atoms with Gasteiger partial charge in [-0.1, -0.05) is 33.6 Å². The molecule has 21 heavy (non-hydrogen) atoms. The molecule has 0 aromatic carbocycles. The van der Waals surface area contributed by atoms with Crippen molar-refractivity contribution in [1.82, 2.24) is 4.90 Å². The summed E-state index contributed by atoms with van der Waals surface area (Å²) in [6, 6.07) is 0. The summed E-state index contributed by atoms with van der Waals surface area (Å²) in [5.41, 5.74) is 6.60. The van der Waals surface area contributed by atoms with E-state index in [0.29, 0.717) is 6.10 Å². The average Bonchev–Trinajstić information content (AvgIpc) is 3.12. The maximum absolute atomic E-state index is 6.53. The molecular formula is C18H36N2O. The number of nitrogens with two attached hydrogens (primary N) is 1. The predicted molar refractivity (Wildman–Crippen MR) is 89.5 cm³/mol. The Balaban J connectivity index is 1.99. The second-order valence-electron chi connectivity index (χ2n) is 7.25. The second-order valence-corrected chi connectivity index (χ2v) is 7.25. The summed E-state index contributed by atoms with van der Waals surface area (Å²) in [7, 11) is 0. The minimum Gasteiger partial charge on any atom is -0.370 e. The van der Waals surface area contributed by atoms with Gasteiger partial charge >= 0.3 is 0 Å². The molecule has 3 nitrogen and oxygen atoms in total. The summed E-state index contributed by atoms with van der Waals surface area (Å²) in [4.78, 5) is 2.64. The van der Waals surface area contributed by atoms with E-state index in [2.05, 4.69) is 25.7 Å². The zero-order chi connectivity index (χ0) is 15.3. The van der Waals surface area contributed by atoms with Gasteiger partial charge < -0.3 is 10.5 Å². The van der Waals surface area contributed by atoms with E-state index in [-0.39, 0.29) is 11.1 Å². The summed E-state index contributed by atoms with van der Waals surface area (Å²) < 4.78 is 6.53. The van der Waals surface area contributed by atoms with Gasteiger partial charge in [-0.05, 0) is 51.5 Å². The highest BCUT2D eigenvalue weighted by atomic mass is 16.5. The SMILES string of the molecule is CCCN(CC1CCC2(CCCC2)O1)C(CC)(CC)CN. The third-order valence-electron chi connectivity index (χ3n) is 6.14. The lowest BCUT2D eigenvalue weighted by Gasteiger charge is -2.44. The van der Waals surface area contributed by atoms with E-state index in [1.54, 1.807) is 0 Å². The molecule has 2 fully saturated rings. The lowest BCUT2D eigenvalue weighted by atomic mass is 9.89. The minimum absolute atomic E-state index is 0.171. The zero-order valence-electron chi connectivity index (χ0n) is 14.5. The van der Waals surface area contributed by atoms with Crippen LogP contribution >= 0.6 is 0 Å². The standard InChI is InChI=1S/C18H36N2O/c1-4-13-20(17(5-2,6-3)15-19)14-16-9-12-18(21-16)10-7-8-11-18/h16H,4-15,19H2,1-3H3. The lowest BCUT2D eigenvalue weighted by Crippen LogP contribution is -2.55. The van der Waals surface area contributed by atoms with Crippen LogP contribution in [0.5, 0.6) is 0 Å². The first-order valence-corrected chi connectivity index (χ1v) is 9.26. The maximum atomic E-state index is 6.53. The highest BCUT2D eigenvalue weighted by Gasteiger charge is 2.43. The van der Waals surface area contributed by atoms with Crippen LogP contribution in [0.15, 0.2) is 0 Å². The topological polar surface area (TPSA) is 38.5 Å². The molecule has 1 aliphatic heterocycles. The largest absolute Gasteiger partial charge is 0.370 e. The molecule has 1 spiro atoms. The van der Waals surface area contributed by atoms with Gasteiger partial charge in [-0.3, -0.25) is 4.90 Å². The summed E-state index contributed by atoms with van der Waals surface area (Å²) in [6.45, 7) is 9.83. The first-order valence-electron chi connectivity index (χ1n) is 9.26. The monoisotopic (exact) mass is 296 g/mol. The van der Waals surface area contributed by atoms with E-state index < -0.39 is 0 Å². The predicted octanol–water partition coefficient (Wildman–Crippen LogP) is 3.71. The van der Waals surface area contributed by atoms with Crippen molar-refractivity contribution >= 4 is 0 Å². The Bertz CT molecular complexity index is 300. The number of hydrogen-bond acceptors (Lipinski definition) is 3. The van der Waals surface area contributed by atoms with Gasteiger partial charge in [0.25, 0.3) is 0 Å². The van der Waals surface area contributed by atoms with Crippen molar-refractivity contribution in [2.45, 2.75) is 95.8 Å². The summed E-state index contributed by atoms with van der Waals surface area (Å²) in [5.74, 6) is 0. The van der Waals surface area contributed by atoms with Crippen LogP contribution in [-0.4, -0.2) is 41.8 Å². The summed E-state index contributed by atoms with van der Waals surface area (Å²) in [6.07, 6.45) is 11.7. The fourth-order valence-corrected chi connectivity index (χ4v) is 4.56. The first kappa shape index (κ1) is 17.2. The smallest absolute Gasteiger partial charge is 0.0710 e. The Morgan fingerprint density at radius 3 is 2.33 bits per heavy atom. The Kier molecular flexibility index (Phi) is 6.10. The molecule has 1 saturated heterocycles. The van der Waals surface area contributed by atoms with E-state index in [0.717, 1.165) is 32.5 Å². The molecular weight excluding hydrogens is 260 g/mol.